The summed E-state index contributed by atoms with van der Waals surface area (Å²) in [4.78, 5) is 0.0457. The van der Waals surface area contributed by atoms with Crippen LogP contribution in [0.1, 0.15) is 0 Å². The van der Waals surface area contributed by atoms with Crippen LogP contribution in [0.25, 0.3) is 11.1 Å². The number of benzene rings is 2. The largest absolute Gasteiger partial charge is 0.358 e. The zero-order chi connectivity index (χ0) is 15.9. The molecule has 114 valence electrons. The molecule has 0 radical (unpaired) electrons. The molecule has 0 saturated heterocycles. The first-order chi connectivity index (χ1) is 10.4. The molecule has 0 amide bonds. The number of hydrogen-bond donors (Lipinski definition) is 2. The minimum atomic E-state index is -3.81. The summed E-state index contributed by atoms with van der Waals surface area (Å²) in [5, 5.41) is 5.78. The van der Waals surface area contributed by atoms with Crippen molar-refractivity contribution in [2.24, 2.45) is 4.40 Å². The Morgan fingerprint density at radius 1 is 1.23 bits per heavy atom. The quantitative estimate of drug-likeness (QED) is 0.838. The van der Waals surface area contributed by atoms with Gasteiger partial charge >= 0.3 is 0 Å². The van der Waals surface area contributed by atoms with E-state index in [-0.39, 0.29) is 15.9 Å². The number of hydrogen-bond acceptors (Lipinski definition) is 4. The van der Waals surface area contributed by atoms with E-state index in [1.807, 2.05) is 0 Å². The monoisotopic (exact) mass is 339 g/mol. The van der Waals surface area contributed by atoms with Crippen molar-refractivity contribution in [3.05, 3.63) is 47.2 Å². The van der Waals surface area contributed by atoms with Gasteiger partial charge in [-0.1, -0.05) is 23.7 Å². The molecule has 0 atom stereocenters. The van der Waals surface area contributed by atoms with Gasteiger partial charge in [0.25, 0.3) is 10.0 Å². The van der Waals surface area contributed by atoms with Gasteiger partial charge in [0, 0.05) is 18.2 Å². The van der Waals surface area contributed by atoms with E-state index < -0.39 is 15.8 Å². The van der Waals surface area contributed by atoms with Crippen LogP contribution in [-0.2, 0) is 10.0 Å². The summed E-state index contributed by atoms with van der Waals surface area (Å²) in [6, 6.07) is 8.71. The van der Waals surface area contributed by atoms with Crippen molar-refractivity contribution in [1.82, 2.24) is 5.32 Å². The fourth-order valence-corrected chi connectivity index (χ4v) is 3.64. The highest BCUT2D eigenvalue weighted by molar-refractivity contribution is 7.90. The Bertz CT molecular complexity index is 897. The van der Waals surface area contributed by atoms with E-state index >= 15 is 0 Å². The number of anilines is 1. The summed E-state index contributed by atoms with van der Waals surface area (Å²) in [7, 11) is -2.25. The van der Waals surface area contributed by atoms with E-state index in [2.05, 4.69) is 15.0 Å². The van der Waals surface area contributed by atoms with Crippen molar-refractivity contribution in [2.75, 3.05) is 12.4 Å². The molecule has 5 nitrogen and oxygen atoms in total. The number of halogens is 2. The summed E-state index contributed by atoms with van der Waals surface area (Å²) < 4.78 is 41.2. The number of nitrogens with one attached hydrogen (secondary N) is 2. The summed E-state index contributed by atoms with van der Waals surface area (Å²) in [5.74, 6) is -0.352. The topological polar surface area (TPSA) is 70.6 Å². The number of rotatable bonds is 1. The van der Waals surface area contributed by atoms with Gasteiger partial charge < -0.3 is 10.6 Å². The van der Waals surface area contributed by atoms with Gasteiger partial charge in [0.05, 0.1) is 10.7 Å². The summed E-state index contributed by atoms with van der Waals surface area (Å²) in [5.41, 5.74) is 1.43. The first-order valence-corrected chi connectivity index (χ1v) is 8.12. The van der Waals surface area contributed by atoms with Crippen LogP contribution in [0.3, 0.4) is 0 Å². The molecule has 1 aliphatic rings. The molecule has 0 aromatic heterocycles. The highest BCUT2D eigenvalue weighted by atomic mass is 35.5. The lowest BCUT2D eigenvalue weighted by molar-refractivity contribution is 0.597. The summed E-state index contributed by atoms with van der Waals surface area (Å²) >= 11 is 6.08. The Balaban J connectivity index is 2.26. The molecular formula is C14H11ClFN3O2S. The minimum absolute atomic E-state index is 0.0457. The van der Waals surface area contributed by atoms with Gasteiger partial charge in [0.1, 0.15) is 10.7 Å². The van der Waals surface area contributed by atoms with E-state index in [1.54, 1.807) is 19.2 Å². The molecule has 2 aromatic rings. The molecule has 1 aliphatic heterocycles. The Labute approximate surface area is 131 Å². The molecule has 2 aromatic carbocycles. The van der Waals surface area contributed by atoms with Crippen LogP contribution in [0.4, 0.5) is 10.1 Å². The van der Waals surface area contributed by atoms with E-state index in [9.17, 15) is 12.8 Å². The predicted molar refractivity (Wildman–Crippen MR) is 84.1 cm³/mol. The Morgan fingerprint density at radius 2 is 2.00 bits per heavy atom. The molecule has 3 rings (SSSR count). The van der Waals surface area contributed by atoms with Crippen molar-refractivity contribution in [3.8, 4) is 11.1 Å². The highest BCUT2D eigenvalue weighted by Gasteiger charge is 2.27. The Kier molecular flexibility index (Phi) is 3.54. The lowest BCUT2D eigenvalue weighted by Gasteiger charge is -2.21. The predicted octanol–water partition coefficient (Wildman–Crippen LogP) is 2.84. The van der Waals surface area contributed by atoms with Gasteiger partial charge in [-0.15, -0.1) is 4.40 Å². The molecule has 0 unspecified atom stereocenters. The number of sulfonamides is 1. The van der Waals surface area contributed by atoms with Gasteiger partial charge in [-0.25, -0.2) is 4.39 Å². The average Bonchev–Trinajstić information content (AvgIpc) is 2.46. The van der Waals surface area contributed by atoms with Gasteiger partial charge in [-0.05, 0) is 24.3 Å². The SMILES string of the molecule is CNC1=NS(=O)(=O)c2cccc(-c3ccc(F)cc3Cl)c2N1. The van der Waals surface area contributed by atoms with Crippen LogP contribution < -0.4 is 10.6 Å². The fraction of sp³-hybridized carbons (Fsp3) is 0.0714. The maximum Gasteiger partial charge on any atom is 0.287 e. The van der Waals surface area contributed by atoms with E-state index in [0.29, 0.717) is 16.8 Å². The maximum absolute atomic E-state index is 13.2. The highest BCUT2D eigenvalue weighted by Crippen LogP contribution is 2.39. The van der Waals surface area contributed by atoms with Crippen LogP contribution in [0.15, 0.2) is 45.7 Å². The maximum atomic E-state index is 13.2. The molecule has 8 heteroatoms. The third kappa shape index (κ3) is 2.42. The zero-order valence-electron chi connectivity index (χ0n) is 11.4. The lowest BCUT2D eigenvalue weighted by atomic mass is 10.0. The minimum Gasteiger partial charge on any atom is -0.358 e. The molecule has 0 bridgehead atoms. The molecular weight excluding hydrogens is 329 g/mol. The van der Waals surface area contributed by atoms with Gasteiger partial charge in [-0.2, -0.15) is 8.42 Å². The third-order valence-electron chi connectivity index (χ3n) is 3.22. The number of para-hydroxylation sites is 1. The fourth-order valence-electron chi connectivity index (χ4n) is 2.23. The first kappa shape index (κ1) is 14.8. The second-order valence-corrected chi connectivity index (χ2v) is 6.57. The molecule has 2 N–H and O–H groups in total. The molecule has 0 aliphatic carbocycles. The molecule has 0 fully saturated rings. The lowest BCUT2D eigenvalue weighted by Crippen LogP contribution is -2.32. The van der Waals surface area contributed by atoms with Crippen LogP contribution in [0.5, 0.6) is 0 Å². The second-order valence-electron chi connectivity index (χ2n) is 4.59. The molecule has 0 saturated carbocycles. The second kappa shape index (κ2) is 5.26. The van der Waals surface area contributed by atoms with Crippen molar-refractivity contribution >= 4 is 33.3 Å². The van der Waals surface area contributed by atoms with Gasteiger partial charge in [0.15, 0.2) is 0 Å². The van der Waals surface area contributed by atoms with E-state index in [1.165, 1.54) is 24.3 Å². The Hall–Kier alpha value is -2.12. The zero-order valence-corrected chi connectivity index (χ0v) is 13.0. The Morgan fingerprint density at radius 3 is 2.68 bits per heavy atom. The van der Waals surface area contributed by atoms with Gasteiger partial charge in [-0.3, -0.25) is 0 Å². The van der Waals surface area contributed by atoms with Gasteiger partial charge in [0.2, 0.25) is 5.96 Å². The molecule has 1 heterocycles. The normalized spacial score (nSPS) is 15.5. The van der Waals surface area contributed by atoms with Crippen molar-refractivity contribution in [1.29, 1.82) is 0 Å². The number of nitrogens with zero attached hydrogens (tertiary/aromatic N) is 1. The van der Waals surface area contributed by atoms with Crippen LogP contribution in [0, 0.1) is 5.82 Å². The third-order valence-corrected chi connectivity index (χ3v) is 4.85. The van der Waals surface area contributed by atoms with Crippen LogP contribution in [0.2, 0.25) is 5.02 Å². The number of guanidine groups is 1. The van der Waals surface area contributed by atoms with Crippen molar-refractivity contribution in [2.45, 2.75) is 4.90 Å². The molecule has 0 spiro atoms. The first-order valence-electron chi connectivity index (χ1n) is 6.30. The molecule has 22 heavy (non-hydrogen) atoms. The van der Waals surface area contributed by atoms with E-state index in [0.717, 1.165) is 0 Å². The summed E-state index contributed by atoms with van der Waals surface area (Å²) in [6.07, 6.45) is 0. The standard InChI is InChI=1S/C14H11ClFN3O2S/c1-17-14-18-13-10(9-6-5-8(16)7-11(9)15)3-2-4-12(13)22(20,21)19-14/h2-7H,1H3,(H2,17,18,19). The van der Waals surface area contributed by atoms with Crippen LogP contribution >= 0.6 is 11.6 Å². The van der Waals surface area contributed by atoms with E-state index in [4.69, 9.17) is 11.6 Å². The number of fused-ring (bicyclic) bond motifs is 1. The van der Waals surface area contributed by atoms with Crippen LogP contribution in [-0.4, -0.2) is 21.4 Å². The average molecular weight is 340 g/mol. The van der Waals surface area contributed by atoms with Crippen molar-refractivity contribution < 1.29 is 12.8 Å². The summed E-state index contributed by atoms with van der Waals surface area (Å²) in [6.45, 7) is 0. The smallest absolute Gasteiger partial charge is 0.287 e. The van der Waals surface area contributed by atoms with Crippen molar-refractivity contribution in [3.63, 3.8) is 0 Å².